The van der Waals surface area contributed by atoms with Gasteiger partial charge in [0.1, 0.15) is 5.82 Å². The molecule has 0 aromatic heterocycles. The molecule has 1 aromatic rings. The van der Waals surface area contributed by atoms with Crippen molar-refractivity contribution in [2.75, 3.05) is 0 Å². The third kappa shape index (κ3) is 3.12. The van der Waals surface area contributed by atoms with E-state index in [0.717, 1.165) is 30.9 Å². The fourth-order valence-electron chi connectivity index (χ4n) is 3.23. The highest BCUT2D eigenvalue weighted by molar-refractivity contribution is 7.86. The van der Waals surface area contributed by atoms with Crippen molar-refractivity contribution >= 4 is 10.8 Å². The summed E-state index contributed by atoms with van der Waals surface area (Å²) in [4.78, 5) is 0. The van der Waals surface area contributed by atoms with Gasteiger partial charge in [0, 0.05) is 16.0 Å². The lowest BCUT2D eigenvalue weighted by Crippen LogP contribution is -2.34. The number of hydrogen-bond acceptors (Lipinski definition) is 1. The molecular weight excluding hydrogens is 316 g/mol. The third-order valence-corrected chi connectivity index (χ3v) is 6.38. The van der Waals surface area contributed by atoms with Crippen molar-refractivity contribution in [3.63, 3.8) is 0 Å². The van der Waals surface area contributed by atoms with Gasteiger partial charge >= 0.3 is 6.18 Å². The van der Waals surface area contributed by atoms with Crippen LogP contribution >= 0.6 is 0 Å². The molecule has 1 fully saturated rings. The van der Waals surface area contributed by atoms with E-state index >= 15 is 0 Å². The number of allylic oxidation sites excluding steroid dienone is 1. The molecule has 6 heteroatoms. The SMILES string of the molecule is O=S1C2C=C(Cc3ccc(C(F)(F)F)cc3F)CC1CCC2. The first-order valence-electron chi connectivity index (χ1n) is 7.29. The molecule has 1 aromatic carbocycles. The lowest BCUT2D eigenvalue weighted by molar-refractivity contribution is -0.137. The zero-order chi connectivity index (χ0) is 15.9. The first-order chi connectivity index (χ1) is 10.3. The van der Waals surface area contributed by atoms with Crippen LogP contribution in [0.4, 0.5) is 17.6 Å². The molecule has 3 atom stereocenters. The maximum Gasteiger partial charge on any atom is 0.416 e. The van der Waals surface area contributed by atoms with E-state index in [1.807, 2.05) is 6.08 Å². The maximum atomic E-state index is 13.9. The molecule has 0 radical (unpaired) electrons. The van der Waals surface area contributed by atoms with Crippen LogP contribution in [0.15, 0.2) is 29.8 Å². The van der Waals surface area contributed by atoms with Gasteiger partial charge in [-0.3, -0.25) is 4.21 Å². The maximum absolute atomic E-state index is 13.9. The van der Waals surface area contributed by atoms with Gasteiger partial charge in [-0.2, -0.15) is 13.2 Å². The molecule has 2 heterocycles. The van der Waals surface area contributed by atoms with Gasteiger partial charge in [0.25, 0.3) is 0 Å². The van der Waals surface area contributed by atoms with Gasteiger partial charge in [-0.25, -0.2) is 4.39 Å². The molecule has 1 saturated heterocycles. The fraction of sp³-hybridized carbons (Fsp3) is 0.500. The molecule has 3 unspecified atom stereocenters. The predicted octanol–water partition coefficient (Wildman–Crippen LogP) is 4.39. The molecule has 0 aliphatic carbocycles. The van der Waals surface area contributed by atoms with Crippen molar-refractivity contribution < 1.29 is 21.8 Å². The van der Waals surface area contributed by atoms with E-state index in [1.165, 1.54) is 6.07 Å². The highest BCUT2D eigenvalue weighted by atomic mass is 32.2. The molecule has 22 heavy (non-hydrogen) atoms. The van der Waals surface area contributed by atoms with Crippen LogP contribution in [0.25, 0.3) is 0 Å². The van der Waals surface area contributed by atoms with Crippen LogP contribution in [0.3, 0.4) is 0 Å². The molecular formula is C16H16F4OS. The minimum Gasteiger partial charge on any atom is -0.259 e. The molecule has 1 nitrogen and oxygen atoms in total. The quantitative estimate of drug-likeness (QED) is 0.580. The van der Waals surface area contributed by atoms with Crippen LogP contribution in [0.2, 0.25) is 0 Å². The van der Waals surface area contributed by atoms with Gasteiger partial charge < -0.3 is 0 Å². The number of alkyl halides is 3. The average Bonchev–Trinajstić information content (AvgIpc) is 2.41. The number of hydrogen-bond donors (Lipinski definition) is 0. The molecule has 0 saturated carbocycles. The first kappa shape index (κ1) is 15.7. The second-order valence-electron chi connectivity index (χ2n) is 5.93. The molecule has 0 spiro atoms. The minimum atomic E-state index is -4.53. The number of fused-ring (bicyclic) bond motifs is 2. The number of halogens is 4. The van der Waals surface area contributed by atoms with E-state index in [9.17, 15) is 21.8 Å². The van der Waals surface area contributed by atoms with Crippen LogP contribution in [0, 0.1) is 5.82 Å². The molecule has 0 amide bonds. The summed E-state index contributed by atoms with van der Waals surface area (Å²) in [5.41, 5.74) is 0.294. The molecule has 2 aliphatic rings. The monoisotopic (exact) mass is 332 g/mol. The van der Waals surface area contributed by atoms with Gasteiger partial charge in [0.05, 0.1) is 10.8 Å². The van der Waals surface area contributed by atoms with Crippen LogP contribution < -0.4 is 0 Å². The number of benzene rings is 1. The van der Waals surface area contributed by atoms with E-state index in [4.69, 9.17) is 0 Å². The summed E-state index contributed by atoms with van der Waals surface area (Å²) in [6, 6.07) is 2.68. The minimum absolute atomic E-state index is 0.0278. The summed E-state index contributed by atoms with van der Waals surface area (Å²) < 4.78 is 63.6. The van der Waals surface area contributed by atoms with E-state index in [1.54, 1.807) is 0 Å². The van der Waals surface area contributed by atoms with Gasteiger partial charge in [0.15, 0.2) is 0 Å². The molecule has 120 valence electrons. The Labute approximate surface area is 128 Å². The van der Waals surface area contributed by atoms with Crippen LogP contribution in [-0.2, 0) is 23.4 Å². The summed E-state index contributed by atoms with van der Waals surface area (Å²) in [7, 11) is -0.854. The smallest absolute Gasteiger partial charge is 0.259 e. The van der Waals surface area contributed by atoms with Gasteiger partial charge in [0.2, 0.25) is 0 Å². The van der Waals surface area contributed by atoms with E-state index < -0.39 is 28.4 Å². The summed E-state index contributed by atoms with van der Waals surface area (Å²) in [6.07, 6.45) is 1.22. The summed E-state index contributed by atoms with van der Waals surface area (Å²) in [5.74, 6) is -0.826. The Morgan fingerprint density at radius 1 is 1.23 bits per heavy atom. The highest BCUT2D eigenvalue weighted by Gasteiger charge is 2.34. The summed E-state index contributed by atoms with van der Waals surface area (Å²) in [6.45, 7) is 0. The van der Waals surface area contributed by atoms with Gasteiger partial charge in [-0.15, -0.1) is 0 Å². The lowest BCUT2D eigenvalue weighted by Gasteiger charge is -2.32. The molecule has 0 N–H and O–H groups in total. The average molecular weight is 332 g/mol. The zero-order valence-electron chi connectivity index (χ0n) is 11.8. The normalized spacial score (nSPS) is 28.4. The Bertz CT molecular complexity index is 636. The number of rotatable bonds is 2. The van der Waals surface area contributed by atoms with Crippen LogP contribution in [0.1, 0.15) is 36.8 Å². The van der Waals surface area contributed by atoms with E-state index in [0.29, 0.717) is 18.9 Å². The van der Waals surface area contributed by atoms with Crippen molar-refractivity contribution in [1.29, 1.82) is 0 Å². The lowest BCUT2D eigenvalue weighted by atomic mass is 9.93. The Morgan fingerprint density at radius 2 is 2.00 bits per heavy atom. The Kier molecular flexibility index (Phi) is 4.14. The Hall–Kier alpha value is -1.17. The van der Waals surface area contributed by atoms with Gasteiger partial charge in [-0.05, 0) is 43.4 Å². The predicted molar refractivity (Wildman–Crippen MR) is 77.4 cm³/mol. The topological polar surface area (TPSA) is 17.1 Å². The molecule has 3 rings (SSSR count). The standard InChI is InChI=1S/C16H16F4OS/c17-15-9-12(16(18,19)20)5-4-11(15)6-10-7-13-2-1-3-14(8-10)22(13)21/h4-5,7,9,13-14H,1-3,6,8H2. The second kappa shape index (κ2) is 5.80. The molecule has 2 aliphatic heterocycles. The van der Waals surface area contributed by atoms with Crippen molar-refractivity contribution in [3.8, 4) is 0 Å². The van der Waals surface area contributed by atoms with Crippen LogP contribution in [0.5, 0.6) is 0 Å². The fourth-order valence-corrected chi connectivity index (χ4v) is 5.22. The second-order valence-corrected chi connectivity index (χ2v) is 7.86. The highest BCUT2D eigenvalue weighted by Crippen LogP contribution is 2.35. The van der Waals surface area contributed by atoms with Crippen molar-refractivity contribution in [3.05, 3.63) is 46.8 Å². The molecule has 2 bridgehead atoms. The van der Waals surface area contributed by atoms with E-state index in [-0.39, 0.29) is 16.1 Å². The Balaban J connectivity index is 1.81. The van der Waals surface area contributed by atoms with Crippen molar-refractivity contribution in [1.82, 2.24) is 0 Å². The van der Waals surface area contributed by atoms with Crippen molar-refractivity contribution in [2.45, 2.75) is 48.8 Å². The van der Waals surface area contributed by atoms with Crippen molar-refractivity contribution in [2.24, 2.45) is 0 Å². The van der Waals surface area contributed by atoms with Gasteiger partial charge in [-0.1, -0.05) is 24.1 Å². The summed E-state index contributed by atoms with van der Waals surface area (Å²) >= 11 is 0. The summed E-state index contributed by atoms with van der Waals surface area (Å²) in [5, 5.41) is 0.149. The van der Waals surface area contributed by atoms with E-state index in [2.05, 4.69) is 0 Å². The third-order valence-electron chi connectivity index (χ3n) is 4.35. The largest absolute Gasteiger partial charge is 0.416 e. The zero-order valence-corrected chi connectivity index (χ0v) is 12.6. The van der Waals surface area contributed by atoms with Crippen LogP contribution in [-0.4, -0.2) is 14.7 Å². The Morgan fingerprint density at radius 3 is 2.64 bits per heavy atom. The first-order valence-corrected chi connectivity index (χ1v) is 8.57.